The molecule has 1 atom stereocenters. The van der Waals surface area contributed by atoms with E-state index < -0.39 is 17.2 Å². The van der Waals surface area contributed by atoms with Crippen LogP contribution in [-0.4, -0.2) is 13.0 Å². The summed E-state index contributed by atoms with van der Waals surface area (Å²) < 4.78 is 44.8. The number of hydrogen-bond donors (Lipinski definition) is 1. The van der Waals surface area contributed by atoms with Crippen molar-refractivity contribution in [3.8, 4) is 16.9 Å². The van der Waals surface area contributed by atoms with Crippen molar-refractivity contribution in [3.63, 3.8) is 0 Å². The third-order valence-corrected chi connectivity index (χ3v) is 5.59. The molecule has 1 unspecified atom stereocenters. The van der Waals surface area contributed by atoms with Crippen LogP contribution in [0.3, 0.4) is 0 Å². The number of amides is 1. The Morgan fingerprint density at radius 2 is 1.77 bits per heavy atom. The maximum atomic E-state index is 13.1. The third-order valence-electron chi connectivity index (χ3n) is 5.59. The van der Waals surface area contributed by atoms with Gasteiger partial charge in [-0.15, -0.1) is 0 Å². The van der Waals surface area contributed by atoms with Gasteiger partial charge in [-0.1, -0.05) is 42.5 Å². The maximum Gasteiger partial charge on any atom is 0.416 e. The summed E-state index contributed by atoms with van der Waals surface area (Å²) >= 11 is 0. The minimum Gasteiger partial charge on any atom is -0.496 e. The Bertz CT molecular complexity index is 1120. The van der Waals surface area contributed by atoms with Crippen molar-refractivity contribution in [1.82, 2.24) is 0 Å². The lowest BCUT2D eigenvalue weighted by Crippen LogP contribution is -2.33. The fraction of sp³-hybridized carbons (Fsp3) is 0.208. The van der Waals surface area contributed by atoms with Crippen LogP contribution in [0, 0.1) is 0 Å². The van der Waals surface area contributed by atoms with Gasteiger partial charge in [-0.05, 0) is 54.3 Å². The molecule has 0 saturated heterocycles. The molecule has 0 radical (unpaired) electrons. The van der Waals surface area contributed by atoms with Gasteiger partial charge in [-0.2, -0.15) is 13.2 Å². The van der Waals surface area contributed by atoms with Crippen molar-refractivity contribution in [3.05, 3.63) is 83.4 Å². The summed E-state index contributed by atoms with van der Waals surface area (Å²) in [6, 6.07) is 18.3. The lowest BCUT2D eigenvalue weighted by Gasteiger charge is -2.23. The van der Waals surface area contributed by atoms with Crippen molar-refractivity contribution >= 4 is 11.6 Å². The lowest BCUT2D eigenvalue weighted by atomic mass is 9.77. The second-order valence-corrected chi connectivity index (χ2v) is 7.62. The van der Waals surface area contributed by atoms with Crippen LogP contribution in [0.25, 0.3) is 11.1 Å². The Morgan fingerprint density at radius 1 is 1.00 bits per heavy atom. The molecule has 1 N–H and O–H groups in total. The minimum absolute atomic E-state index is 0.158. The normalized spacial score (nSPS) is 18.1. The van der Waals surface area contributed by atoms with E-state index in [2.05, 4.69) is 5.32 Å². The van der Waals surface area contributed by atoms with Crippen molar-refractivity contribution in [2.75, 3.05) is 12.4 Å². The summed E-state index contributed by atoms with van der Waals surface area (Å²) in [5, 5.41) is 2.87. The number of ether oxygens (including phenoxy) is 1. The first-order valence-electron chi connectivity index (χ1n) is 9.48. The molecule has 0 spiro atoms. The molecule has 1 amide bonds. The van der Waals surface area contributed by atoms with E-state index in [1.165, 1.54) is 6.07 Å². The van der Waals surface area contributed by atoms with Gasteiger partial charge in [0.15, 0.2) is 0 Å². The lowest BCUT2D eigenvalue weighted by molar-refractivity contribution is -0.137. The first-order valence-corrected chi connectivity index (χ1v) is 9.48. The zero-order chi connectivity index (χ0) is 21.5. The zero-order valence-electron chi connectivity index (χ0n) is 16.5. The number of para-hydroxylation sites is 1. The molecule has 154 valence electrons. The van der Waals surface area contributed by atoms with Gasteiger partial charge < -0.3 is 10.1 Å². The van der Waals surface area contributed by atoms with Gasteiger partial charge in [0, 0.05) is 11.3 Å². The van der Waals surface area contributed by atoms with Crippen molar-refractivity contribution in [2.45, 2.75) is 24.9 Å². The van der Waals surface area contributed by atoms with Crippen molar-refractivity contribution in [2.24, 2.45) is 0 Å². The van der Waals surface area contributed by atoms with Gasteiger partial charge in [0.2, 0.25) is 5.91 Å². The van der Waals surface area contributed by atoms with Crippen LogP contribution in [0.5, 0.6) is 5.75 Å². The van der Waals surface area contributed by atoms with E-state index in [1.54, 1.807) is 20.1 Å². The summed E-state index contributed by atoms with van der Waals surface area (Å²) in [5.41, 5.74) is 1.93. The molecule has 3 aromatic carbocycles. The highest BCUT2D eigenvalue weighted by atomic mass is 19.4. The number of carbonyl (C=O) groups is 1. The number of benzene rings is 3. The SMILES string of the molecule is COc1ccccc1-c1ccc2c(c1)C(C)(Cc1cccc(C(F)(F)F)c1)C(=O)N2. The molecule has 1 aliphatic rings. The van der Waals surface area contributed by atoms with E-state index in [-0.39, 0.29) is 12.3 Å². The summed E-state index contributed by atoms with van der Waals surface area (Å²) in [7, 11) is 1.59. The summed E-state index contributed by atoms with van der Waals surface area (Å²) in [4.78, 5) is 12.9. The summed E-state index contributed by atoms with van der Waals surface area (Å²) in [5.74, 6) is 0.474. The molecular weight excluding hydrogens is 391 g/mol. The molecular formula is C24H20F3NO2. The molecule has 3 aromatic rings. The molecule has 4 rings (SSSR count). The Labute approximate surface area is 172 Å². The number of nitrogens with one attached hydrogen (secondary N) is 1. The zero-order valence-corrected chi connectivity index (χ0v) is 16.5. The Balaban J connectivity index is 1.76. The monoisotopic (exact) mass is 411 g/mol. The fourth-order valence-corrected chi connectivity index (χ4v) is 3.98. The van der Waals surface area contributed by atoms with E-state index >= 15 is 0 Å². The molecule has 0 aliphatic carbocycles. The largest absolute Gasteiger partial charge is 0.496 e. The number of carbonyl (C=O) groups excluding carboxylic acids is 1. The Kier molecular flexibility index (Phi) is 4.80. The van der Waals surface area contributed by atoms with Gasteiger partial charge in [-0.25, -0.2) is 0 Å². The number of methoxy groups -OCH3 is 1. The first kappa shape index (κ1) is 20.0. The van der Waals surface area contributed by atoms with E-state index in [4.69, 9.17) is 4.74 Å². The molecule has 3 nitrogen and oxygen atoms in total. The van der Waals surface area contributed by atoms with Gasteiger partial charge >= 0.3 is 6.18 Å². The van der Waals surface area contributed by atoms with Gasteiger partial charge in [0.25, 0.3) is 0 Å². The summed E-state index contributed by atoms with van der Waals surface area (Å²) in [6.45, 7) is 1.76. The highest BCUT2D eigenvalue weighted by Gasteiger charge is 2.43. The number of anilines is 1. The quantitative estimate of drug-likeness (QED) is 0.586. The minimum atomic E-state index is -4.43. The molecule has 0 fully saturated rings. The van der Waals surface area contributed by atoms with E-state index in [9.17, 15) is 18.0 Å². The molecule has 0 bridgehead atoms. The van der Waals surface area contributed by atoms with Crippen LogP contribution in [0.15, 0.2) is 66.7 Å². The van der Waals surface area contributed by atoms with Crippen LogP contribution in [0.1, 0.15) is 23.6 Å². The highest BCUT2D eigenvalue weighted by molar-refractivity contribution is 6.06. The van der Waals surface area contributed by atoms with E-state index in [0.29, 0.717) is 17.0 Å². The standard InChI is InChI=1S/C24H20F3NO2/c1-23(14-15-6-5-7-17(12-15)24(25,26)27)19-13-16(10-11-20(19)28-22(23)29)18-8-3-4-9-21(18)30-2/h3-13H,14H2,1-2H3,(H,28,29). The second kappa shape index (κ2) is 7.20. The molecule has 1 heterocycles. The van der Waals surface area contributed by atoms with Crippen LogP contribution in [0.4, 0.5) is 18.9 Å². The molecule has 0 saturated carbocycles. The van der Waals surface area contributed by atoms with E-state index in [1.807, 2.05) is 42.5 Å². The average molecular weight is 411 g/mol. The van der Waals surface area contributed by atoms with Crippen LogP contribution in [-0.2, 0) is 22.8 Å². The van der Waals surface area contributed by atoms with Crippen LogP contribution in [0.2, 0.25) is 0 Å². The topological polar surface area (TPSA) is 38.3 Å². The number of halogens is 3. The van der Waals surface area contributed by atoms with Crippen LogP contribution >= 0.6 is 0 Å². The predicted octanol–water partition coefficient (Wildman–Crippen LogP) is 5.83. The number of hydrogen-bond acceptors (Lipinski definition) is 2. The molecule has 0 aromatic heterocycles. The molecule has 1 aliphatic heterocycles. The van der Waals surface area contributed by atoms with Gasteiger partial charge in [0.1, 0.15) is 5.75 Å². The van der Waals surface area contributed by atoms with Crippen molar-refractivity contribution in [1.29, 1.82) is 0 Å². The highest BCUT2D eigenvalue weighted by Crippen LogP contribution is 2.43. The fourth-order valence-electron chi connectivity index (χ4n) is 3.98. The Morgan fingerprint density at radius 3 is 2.50 bits per heavy atom. The molecule has 6 heteroatoms. The summed E-state index contributed by atoms with van der Waals surface area (Å²) in [6.07, 6.45) is -4.27. The molecule has 30 heavy (non-hydrogen) atoms. The smallest absolute Gasteiger partial charge is 0.416 e. The maximum absolute atomic E-state index is 13.1. The predicted molar refractivity (Wildman–Crippen MR) is 110 cm³/mol. The first-order chi connectivity index (χ1) is 14.2. The van der Waals surface area contributed by atoms with Gasteiger partial charge in [0.05, 0.1) is 18.1 Å². The number of fused-ring (bicyclic) bond motifs is 1. The third kappa shape index (κ3) is 3.43. The van der Waals surface area contributed by atoms with Crippen LogP contribution < -0.4 is 10.1 Å². The average Bonchev–Trinajstić information content (AvgIpc) is 2.97. The Hall–Kier alpha value is -3.28. The van der Waals surface area contributed by atoms with Gasteiger partial charge in [-0.3, -0.25) is 4.79 Å². The second-order valence-electron chi connectivity index (χ2n) is 7.62. The van der Waals surface area contributed by atoms with Crippen molar-refractivity contribution < 1.29 is 22.7 Å². The number of alkyl halides is 3. The van der Waals surface area contributed by atoms with E-state index in [0.717, 1.165) is 28.8 Å². The number of rotatable bonds is 4.